The Bertz CT molecular complexity index is 1280. The number of amides is 1. The molecule has 0 saturated carbocycles. The van der Waals surface area contributed by atoms with Gasteiger partial charge in [-0.25, -0.2) is 0 Å². The van der Waals surface area contributed by atoms with Crippen LogP contribution in [-0.2, 0) is 4.79 Å². The van der Waals surface area contributed by atoms with Crippen molar-refractivity contribution in [2.45, 2.75) is 25.6 Å². The SMILES string of the molecule is COc1ccc(NC(=O)[C@H]2[C@H]3NC(=S)N(c4ccccc4C)[C@@]2(C)Oc2ccc(Br)cc23)cc1. The van der Waals surface area contributed by atoms with E-state index in [4.69, 9.17) is 21.7 Å². The third-order valence-electron chi connectivity index (χ3n) is 6.46. The van der Waals surface area contributed by atoms with Gasteiger partial charge in [0.15, 0.2) is 10.8 Å². The van der Waals surface area contributed by atoms with Gasteiger partial charge in [-0.15, -0.1) is 0 Å². The molecule has 34 heavy (non-hydrogen) atoms. The Morgan fingerprint density at radius 2 is 1.91 bits per heavy atom. The molecule has 2 heterocycles. The number of carbonyl (C=O) groups is 1. The number of ether oxygens (including phenoxy) is 2. The number of hydrogen-bond donors (Lipinski definition) is 2. The molecule has 1 fully saturated rings. The molecule has 1 amide bonds. The number of carbonyl (C=O) groups excluding carboxylic acids is 1. The van der Waals surface area contributed by atoms with E-state index in [-0.39, 0.29) is 11.9 Å². The van der Waals surface area contributed by atoms with Crippen molar-refractivity contribution in [2.75, 3.05) is 17.3 Å². The molecule has 0 unspecified atom stereocenters. The average molecular weight is 538 g/mol. The molecule has 5 rings (SSSR count). The minimum absolute atomic E-state index is 0.170. The van der Waals surface area contributed by atoms with Gasteiger partial charge in [-0.05, 0) is 80.2 Å². The van der Waals surface area contributed by atoms with Gasteiger partial charge in [0, 0.05) is 21.4 Å². The van der Waals surface area contributed by atoms with E-state index in [1.54, 1.807) is 7.11 Å². The Morgan fingerprint density at radius 1 is 1.18 bits per heavy atom. The lowest BCUT2D eigenvalue weighted by Crippen LogP contribution is -2.72. The highest BCUT2D eigenvalue weighted by atomic mass is 79.9. The van der Waals surface area contributed by atoms with Gasteiger partial charge in [0.25, 0.3) is 0 Å². The number of nitrogens with one attached hydrogen (secondary N) is 2. The second-order valence-corrected chi connectivity index (χ2v) is 9.89. The van der Waals surface area contributed by atoms with Crippen molar-refractivity contribution in [3.05, 3.63) is 82.3 Å². The maximum atomic E-state index is 13.9. The molecule has 8 heteroatoms. The number of benzene rings is 3. The molecule has 2 N–H and O–H groups in total. The van der Waals surface area contributed by atoms with Gasteiger partial charge in [-0.2, -0.15) is 0 Å². The first-order valence-electron chi connectivity index (χ1n) is 10.9. The van der Waals surface area contributed by atoms with Crippen molar-refractivity contribution in [1.29, 1.82) is 0 Å². The first-order chi connectivity index (χ1) is 16.3. The van der Waals surface area contributed by atoms with E-state index in [0.717, 1.165) is 32.8 Å². The lowest BCUT2D eigenvalue weighted by atomic mass is 9.78. The fraction of sp³-hybridized carbons (Fsp3) is 0.231. The van der Waals surface area contributed by atoms with Gasteiger partial charge in [-0.1, -0.05) is 34.1 Å². The van der Waals surface area contributed by atoms with Crippen LogP contribution >= 0.6 is 28.1 Å². The fourth-order valence-electron chi connectivity index (χ4n) is 4.83. The number of halogens is 1. The Hall–Kier alpha value is -3.10. The maximum Gasteiger partial charge on any atom is 0.236 e. The molecule has 2 aliphatic rings. The van der Waals surface area contributed by atoms with E-state index >= 15 is 0 Å². The molecular formula is C26H24BrN3O3S. The van der Waals surface area contributed by atoms with Crippen molar-refractivity contribution in [3.63, 3.8) is 0 Å². The summed E-state index contributed by atoms with van der Waals surface area (Å²) in [7, 11) is 1.61. The smallest absolute Gasteiger partial charge is 0.236 e. The monoisotopic (exact) mass is 537 g/mol. The van der Waals surface area contributed by atoms with E-state index < -0.39 is 11.6 Å². The van der Waals surface area contributed by atoms with Crippen LogP contribution in [0.5, 0.6) is 11.5 Å². The van der Waals surface area contributed by atoms with Crippen LogP contribution < -0.4 is 25.0 Å². The first kappa shape index (κ1) is 22.7. The van der Waals surface area contributed by atoms with Crippen LogP contribution in [0.1, 0.15) is 24.1 Å². The van der Waals surface area contributed by atoms with Crippen molar-refractivity contribution in [1.82, 2.24) is 5.32 Å². The molecule has 0 aliphatic carbocycles. The summed E-state index contributed by atoms with van der Waals surface area (Å²) < 4.78 is 12.8. The predicted molar refractivity (Wildman–Crippen MR) is 140 cm³/mol. The summed E-state index contributed by atoms with van der Waals surface area (Å²) in [5, 5.41) is 7.03. The van der Waals surface area contributed by atoms with E-state index in [9.17, 15) is 4.79 Å². The fourth-order valence-corrected chi connectivity index (χ4v) is 5.61. The molecule has 0 spiro atoms. The topological polar surface area (TPSA) is 62.8 Å². The minimum Gasteiger partial charge on any atom is -0.497 e. The van der Waals surface area contributed by atoms with Crippen molar-refractivity contribution in [2.24, 2.45) is 5.92 Å². The molecule has 174 valence electrons. The standard InChI is InChI=1S/C26H24BrN3O3S/c1-15-6-4-5-7-20(15)30-25(34)29-23-19-14-16(27)8-13-21(19)33-26(30,2)22(23)24(31)28-17-9-11-18(32-3)12-10-17/h4-14,22-23H,1-3H3,(H,28,31)(H,29,34)/t22-,23+,26+/m1/s1. The molecule has 0 radical (unpaired) electrons. The molecule has 2 aliphatic heterocycles. The van der Waals surface area contributed by atoms with E-state index in [1.165, 1.54) is 0 Å². The number of hydrogen-bond acceptors (Lipinski definition) is 4. The van der Waals surface area contributed by atoms with Crippen molar-refractivity contribution >= 4 is 50.5 Å². The summed E-state index contributed by atoms with van der Waals surface area (Å²) >= 11 is 9.38. The number of aryl methyl sites for hydroxylation is 1. The second kappa shape index (κ2) is 8.60. The molecule has 3 aromatic carbocycles. The van der Waals surface area contributed by atoms with Crippen LogP contribution in [0, 0.1) is 12.8 Å². The summed E-state index contributed by atoms with van der Waals surface area (Å²) in [5.41, 5.74) is 2.43. The average Bonchev–Trinajstić information content (AvgIpc) is 2.81. The number of para-hydroxylation sites is 1. The van der Waals surface area contributed by atoms with Gasteiger partial charge < -0.3 is 20.1 Å². The number of thiocarbonyl (C=S) groups is 1. The summed E-state index contributed by atoms with van der Waals surface area (Å²) in [6.07, 6.45) is 0. The normalized spacial score (nSPS) is 22.8. The number of methoxy groups -OCH3 is 1. The Kier molecular flexibility index (Phi) is 5.73. The molecule has 3 aromatic rings. The van der Waals surface area contributed by atoms with Gasteiger partial charge in [-0.3, -0.25) is 9.69 Å². The van der Waals surface area contributed by atoms with Crippen LogP contribution in [0.2, 0.25) is 0 Å². The van der Waals surface area contributed by atoms with Gasteiger partial charge in [0.05, 0.1) is 13.2 Å². The number of rotatable bonds is 4. The zero-order valence-corrected chi connectivity index (χ0v) is 21.4. The van der Waals surface area contributed by atoms with E-state index in [2.05, 4.69) is 26.6 Å². The molecule has 6 nitrogen and oxygen atoms in total. The van der Waals surface area contributed by atoms with Crippen LogP contribution in [0.15, 0.2) is 71.2 Å². The zero-order chi connectivity index (χ0) is 24.0. The lowest BCUT2D eigenvalue weighted by molar-refractivity contribution is -0.130. The molecule has 2 bridgehead atoms. The highest BCUT2D eigenvalue weighted by Gasteiger charge is 2.59. The highest BCUT2D eigenvalue weighted by Crippen LogP contribution is 2.50. The molecule has 0 aromatic heterocycles. The van der Waals surface area contributed by atoms with E-state index in [0.29, 0.717) is 10.8 Å². The third-order valence-corrected chi connectivity index (χ3v) is 7.25. The lowest BCUT2D eigenvalue weighted by Gasteiger charge is -2.56. The third kappa shape index (κ3) is 3.71. The Morgan fingerprint density at radius 3 is 2.62 bits per heavy atom. The van der Waals surface area contributed by atoms with Crippen molar-refractivity contribution in [3.8, 4) is 11.5 Å². The van der Waals surface area contributed by atoms with Gasteiger partial charge in [0.2, 0.25) is 5.91 Å². The highest BCUT2D eigenvalue weighted by molar-refractivity contribution is 9.10. The summed E-state index contributed by atoms with van der Waals surface area (Å²) in [6.45, 7) is 3.95. The number of anilines is 2. The van der Waals surface area contributed by atoms with Crippen LogP contribution in [0.25, 0.3) is 0 Å². The largest absolute Gasteiger partial charge is 0.497 e. The quantitative estimate of drug-likeness (QED) is 0.424. The summed E-state index contributed by atoms with van der Waals surface area (Å²) in [6, 6.07) is 20.7. The maximum absolute atomic E-state index is 13.9. The van der Waals surface area contributed by atoms with Crippen LogP contribution in [0.3, 0.4) is 0 Å². The van der Waals surface area contributed by atoms with Gasteiger partial charge >= 0.3 is 0 Å². The summed E-state index contributed by atoms with van der Waals surface area (Å²) in [4.78, 5) is 15.8. The minimum atomic E-state index is -1.06. The van der Waals surface area contributed by atoms with E-state index in [1.807, 2.05) is 85.5 Å². The molecule has 1 saturated heterocycles. The zero-order valence-electron chi connectivity index (χ0n) is 19.0. The Labute approximate surface area is 212 Å². The molecule has 3 atom stereocenters. The number of fused-ring (bicyclic) bond motifs is 4. The first-order valence-corrected chi connectivity index (χ1v) is 12.1. The van der Waals surface area contributed by atoms with Crippen LogP contribution in [0.4, 0.5) is 11.4 Å². The number of nitrogens with zero attached hydrogens (tertiary/aromatic N) is 1. The van der Waals surface area contributed by atoms with Crippen LogP contribution in [-0.4, -0.2) is 23.9 Å². The second-order valence-electron chi connectivity index (χ2n) is 8.58. The Balaban J connectivity index is 1.61. The predicted octanol–water partition coefficient (Wildman–Crippen LogP) is 5.57. The van der Waals surface area contributed by atoms with Gasteiger partial charge in [0.1, 0.15) is 17.4 Å². The summed E-state index contributed by atoms with van der Waals surface area (Å²) in [5.74, 6) is 0.664. The van der Waals surface area contributed by atoms with Crippen molar-refractivity contribution < 1.29 is 14.3 Å². The molecular weight excluding hydrogens is 514 g/mol.